The monoisotopic (exact) mass is 269 g/mol. The lowest BCUT2D eigenvalue weighted by atomic mass is 9.78. The molecule has 19 heavy (non-hydrogen) atoms. The molecule has 3 atom stereocenters. The highest BCUT2D eigenvalue weighted by atomic mass is 16.5. The second kappa shape index (κ2) is 7.22. The van der Waals surface area contributed by atoms with Crippen LogP contribution in [0.3, 0.4) is 0 Å². The van der Waals surface area contributed by atoms with Crippen LogP contribution in [0.2, 0.25) is 0 Å². The van der Waals surface area contributed by atoms with Gasteiger partial charge in [-0.2, -0.15) is 0 Å². The molecule has 0 radical (unpaired) electrons. The lowest BCUT2D eigenvalue weighted by Gasteiger charge is -2.32. The summed E-state index contributed by atoms with van der Waals surface area (Å²) >= 11 is 0. The summed E-state index contributed by atoms with van der Waals surface area (Å²) in [6.07, 6.45) is 2.96. The van der Waals surface area contributed by atoms with E-state index in [9.17, 15) is 4.79 Å². The Labute approximate surface area is 115 Å². The predicted octanol–water partition coefficient (Wildman–Crippen LogP) is 0.198. The second-order valence-electron chi connectivity index (χ2n) is 5.90. The van der Waals surface area contributed by atoms with Gasteiger partial charge in [0.25, 0.3) is 0 Å². The van der Waals surface area contributed by atoms with Crippen molar-refractivity contribution in [3.63, 3.8) is 0 Å². The van der Waals surface area contributed by atoms with Gasteiger partial charge < -0.3 is 15.8 Å². The molecule has 3 unspecified atom stereocenters. The maximum Gasteiger partial charge on any atom is 0.223 e. The zero-order valence-electron chi connectivity index (χ0n) is 11.9. The first-order valence-corrected chi connectivity index (χ1v) is 7.50. The molecule has 1 aliphatic carbocycles. The Morgan fingerprint density at radius 1 is 1.37 bits per heavy atom. The van der Waals surface area contributed by atoms with E-state index in [1.165, 1.54) is 0 Å². The highest BCUT2D eigenvalue weighted by Gasteiger charge is 2.31. The number of rotatable bonds is 4. The number of morpholine rings is 1. The highest BCUT2D eigenvalue weighted by molar-refractivity contribution is 5.79. The maximum absolute atomic E-state index is 12.2. The van der Waals surface area contributed by atoms with Gasteiger partial charge in [0, 0.05) is 38.1 Å². The smallest absolute Gasteiger partial charge is 0.223 e. The number of nitrogens with two attached hydrogens (primary N) is 1. The molecule has 1 saturated carbocycles. The third kappa shape index (κ3) is 4.44. The van der Waals surface area contributed by atoms with Crippen LogP contribution in [-0.4, -0.2) is 56.2 Å². The van der Waals surface area contributed by atoms with Crippen molar-refractivity contribution in [2.75, 3.05) is 39.4 Å². The Morgan fingerprint density at radius 3 is 2.84 bits per heavy atom. The number of ether oxygens (including phenoxy) is 1. The summed E-state index contributed by atoms with van der Waals surface area (Å²) in [4.78, 5) is 14.5. The molecule has 2 fully saturated rings. The van der Waals surface area contributed by atoms with Gasteiger partial charge in [0.05, 0.1) is 13.2 Å². The van der Waals surface area contributed by atoms with E-state index in [1.807, 2.05) is 0 Å². The van der Waals surface area contributed by atoms with Gasteiger partial charge in [-0.25, -0.2) is 0 Å². The fourth-order valence-corrected chi connectivity index (χ4v) is 3.01. The van der Waals surface area contributed by atoms with Crippen molar-refractivity contribution < 1.29 is 9.53 Å². The van der Waals surface area contributed by atoms with Crippen LogP contribution in [0, 0.1) is 11.8 Å². The minimum atomic E-state index is 0.105. The van der Waals surface area contributed by atoms with E-state index in [2.05, 4.69) is 17.1 Å². The van der Waals surface area contributed by atoms with E-state index < -0.39 is 0 Å². The van der Waals surface area contributed by atoms with Crippen LogP contribution in [0.1, 0.15) is 26.2 Å². The van der Waals surface area contributed by atoms with Gasteiger partial charge in [-0.3, -0.25) is 9.69 Å². The first-order chi connectivity index (χ1) is 9.16. The summed E-state index contributed by atoms with van der Waals surface area (Å²) in [7, 11) is 0. The number of carbonyl (C=O) groups excluding carboxylic acids is 1. The largest absolute Gasteiger partial charge is 0.379 e. The summed E-state index contributed by atoms with van der Waals surface area (Å²) in [6.45, 7) is 7.38. The number of hydrogen-bond donors (Lipinski definition) is 2. The number of nitrogens with one attached hydrogen (secondary N) is 1. The van der Waals surface area contributed by atoms with Crippen molar-refractivity contribution in [1.29, 1.82) is 0 Å². The minimum absolute atomic E-state index is 0.105. The number of hydrogen-bond acceptors (Lipinski definition) is 4. The van der Waals surface area contributed by atoms with Gasteiger partial charge in [0.1, 0.15) is 0 Å². The van der Waals surface area contributed by atoms with Crippen molar-refractivity contribution in [3.05, 3.63) is 0 Å². The van der Waals surface area contributed by atoms with Gasteiger partial charge in [0.2, 0.25) is 5.91 Å². The molecule has 1 saturated heterocycles. The minimum Gasteiger partial charge on any atom is -0.379 e. The lowest BCUT2D eigenvalue weighted by Crippen LogP contribution is -2.45. The summed E-state index contributed by atoms with van der Waals surface area (Å²) in [5.41, 5.74) is 5.97. The molecule has 5 nitrogen and oxygen atoms in total. The average Bonchev–Trinajstić information content (AvgIpc) is 2.42. The van der Waals surface area contributed by atoms with E-state index in [1.54, 1.807) is 0 Å². The highest BCUT2D eigenvalue weighted by Crippen LogP contribution is 2.29. The Bertz CT molecular complexity index is 292. The molecule has 1 heterocycles. The van der Waals surface area contributed by atoms with E-state index in [4.69, 9.17) is 10.5 Å². The fraction of sp³-hybridized carbons (Fsp3) is 0.929. The average molecular weight is 269 g/mol. The third-order valence-corrected chi connectivity index (χ3v) is 4.40. The Hall–Kier alpha value is -0.650. The Morgan fingerprint density at radius 2 is 2.11 bits per heavy atom. The molecule has 0 aromatic heterocycles. The van der Waals surface area contributed by atoms with Crippen molar-refractivity contribution in [2.45, 2.75) is 32.2 Å². The van der Waals surface area contributed by atoms with E-state index in [0.717, 1.165) is 58.7 Å². The lowest BCUT2D eigenvalue weighted by molar-refractivity contribution is -0.127. The second-order valence-corrected chi connectivity index (χ2v) is 5.90. The van der Waals surface area contributed by atoms with Crippen molar-refractivity contribution in [3.8, 4) is 0 Å². The number of nitrogens with zero attached hydrogens (tertiary/aromatic N) is 1. The Balaban J connectivity index is 1.68. The molecule has 2 aliphatic rings. The molecule has 5 heteroatoms. The SMILES string of the molecule is CC1CCC(N)CC1C(=O)NCCN1CCOCC1. The van der Waals surface area contributed by atoms with E-state index >= 15 is 0 Å². The molecule has 110 valence electrons. The summed E-state index contributed by atoms with van der Waals surface area (Å²) in [5, 5.41) is 3.07. The van der Waals surface area contributed by atoms with Crippen molar-refractivity contribution in [2.24, 2.45) is 17.6 Å². The summed E-state index contributed by atoms with van der Waals surface area (Å²) in [6, 6.07) is 0.200. The summed E-state index contributed by atoms with van der Waals surface area (Å²) in [5.74, 6) is 0.757. The van der Waals surface area contributed by atoms with Gasteiger partial charge in [-0.1, -0.05) is 6.92 Å². The zero-order valence-corrected chi connectivity index (χ0v) is 11.9. The molecule has 1 aliphatic heterocycles. The normalized spacial score (nSPS) is 33.1. The van der Waals surface area contributed by atoms with Gasteiger partial charge in [0.15, 0.2) is 0 Å². The number of carbonyl (C=O) groups is 1. The molecule has 0 aromatic rings. The van der Waals surface area contributed by atoms with Gasteiger partial charge in [-0.15, -0.1) is 0 Å². The van der Waals surface area contributed by atoms with E-state index in [-0.39, 0.29) is 17.9 Å². The van der Waals surface area contributed by atoms with E-state index in [0.29, 0.717) is 5.92 Å². The topological polar surface area (TPSA) is 67.6 Å². The van der Waals surface area contributed by atoms with Crippen LogP contribution in [0.4, 0.5) is 0 Å². The standard InChI is InChI=1S/C14H27N3O2/c1-11-2-3-12(15)10-13(11)14(18)16-4-5-17-6-8-19-9-7-17/h11-13H,2-10,15H2,1H3,(H,16,18). The zero-order chi connectivity index (χ0) is 13.7. The molecule has 1 amide bonds. The summed E-state index contributed by atoms with van der Waals surface area (Å²) < 4.78 is 5.31. The molecule has 0 spiro atoms. The van der Waals surface area contributed by atoms with Crippen LogP contribution in [-0.2, 0) is 9.53 Å². The third-order valence-electron chi connectivity index (χ3n) is 4.40. The molecular weight excluding hydrogens is 242 g/mol. The van der Waals surface area contributed by atoms with Gasteiger partial charge in [-0.05, 0) is 25.2 Å². The van der Waals surface area contributed by atoms with Crippen LogP contribution in [0.15, 0.2) is 0 Å². The van der Waals surface area contributed by atoms with Crippen LogP contribution < -0.4 is 11.1 Å². The van der Waals surface area contributed by atoms with Crippen molar-refractivity contribution in [1.82, 2.24) is 10.2 Å². The molecule has 2 rings (SSSR count). The first kappa shape index (κ1) is 14.8. The maximum atomic E-state index is 12.2. The molecular formula is C14H27N3O2. The van der Waals surface area contributed by atoms with Crippen LogP contribution in [0.25, 0.3) is 0 Å². The van der Waals surface area contributed by atoms with Crippen LogP contribution >= 0.6 is 0 Å². The predicted molar refractivity (Wildman–Crippen MR) is 74.7 cm³/mol. The molecule has 3 N–H and O–H groups in total. The molecule has 0 aromatic carbocycles. The first-order valence-electron chi connectivity index (χ1n) is 7.50. The van der Waals surface area contributed by atoms with Crippen LogP contribution in [0.5, 0.6) is 0 Å². The number of amides is 1. The fourth-order valence-electron chi connectivity index (χ4n) is 3.01. The molecule has 0 bridgehead atoms. The van der Waals surface area contributed by atoms with Crippen molar-refractivity contribution >= 4 is 5.91 Å². The Kier molecular flexibility index (Phi) is 5.60. The van der Waals surface area contributed by atoms with Gasteiger partial charge >= 0.3 is 0 Å². The quantitative estimate of drug-likeness (QED) is 0.765.